The zero-order valence-electron chi connectivity index (χ0n) is 20.3. The number of benzene rings is 1. The number of amides is 1. The van der Waals surface area contributed by atoms with Crippen molar-refractivity contribution in [2.75, 3.05) is 26.2 Å². The molecule has 1 atom stereocenters. The summed E-state index contributed by atoms with van der Waals surface area (Å²) in [7, 11) is 2.09. The van der Waals surface area contributed by atoms with Gasteiger partial charge in [-0.15, -0.1) is 0 Å². The molecule has 2 aliphatic rings. The number of nitrogens with zero attached hydrogens (tertiary/aromatic N) is 3. The SMILES string of the molecule is Cn1cc(C2CCN(C(C(=O)O)C3CCN(C(=O)OC(C)(C)C)CC3)CC2)c2ccccc21. The summed E-state index contributed by atoms with van der Waals surface area (Å²) < 4.78 is 7.67. The molecule has 4 rings (SSSR count). The summed E-state index contributed by atoms with van der Waals surface area (Å²) in [6, 6.07) is 8.01. The van der Waals surface area contributed by atoms with Gasteiger partial charge in [0.25, 0.3) is 0 Å². The third-order valence-electron chi connectivity index (χ3n) is 7.18. The normalized spacial score (nSPS) is 20.2. The summed E-state index contributed by atoms with van der Waals surface area (Å²) in [4.78, 5) is 28.5. The van der Waals surface area contributed by atoms with E-state index in [0.29, 0.717) is 31.8 Å². The Kier molecular flexibility index (Phi) is 6.71. The number of likely N-dealkylation sites (tertiary alicyclic amines) is 2. The fourth-order valence-electron chi connectivity index (χ4n) is 5.57. The van der Waals surface area contributed by atoms with Crippen LogP contribution in [0.3, 0.4) is 0 Å². The van der Waals surface area contributed by atoms with E-state index >= 15 is 0 Å². The van der Waals surface area contributed by atoms with Crippen molar-refractivity contribution >= 4 is 23.0 Å². The minimum Gasteiger partial charge on any atom is -0.480 e. The van der Waals surface area contributed by atoms with Gasteiger partial charge in [0.1, 0.15) is 11.6 Å². The lowest BCUT2D eigenvalue weighted by molar-refractivity contribution is -0.147. The lowest BCUT2D eigenvalue weighted by atomic mass is 9.84. The van der Waals surface area contributed by atoms with Gasteiger partial charge in [-0.1, -0.05) is 18.2 Å². The Morgan fingerprint density at radius 1 is 1.03 bits per heavy atom. The molecule has 1 aromatic carbocycles. The zero-order chi connectivity index (χ0) is 23.8. The number of ether oxygens (including phenoxy) is 1. The van der Waals surface area contributed by atoms with Crippen LogP contribution < -0.4 is 0 Å². The molecule has 1 aromatic heterocycles. The molecule has 0 saturated carbocycles. The number of hydrogen-bond acceptors (Lipinski definition) is 4. The van der Waals surface area contributed by atoms with Crippen molar-refractivity contribution < 1.29 is 19.4 Å². The number of rotatable bonds is 4. The third kappa shape index (κ3) is 5.18. The number of carbonyl (C=O) groups is 2. The first-order chi connectivity index (χ1) is 15.6. The van der Waals surface area contributed by atoms with Crippen molar-refractivity contribution in [1.29, 1.82) is 0 Å². The Morgan fingerprint density at radius 3 is 2.27 bits per heavy atom. The van der Waals surface area contributed by atoms with Gasteiger partial charge in [-0.3, -0.25) is 9.69 Å². The lowest BCUT2D eigenvalue weighted by Gasteiger charge is -2.42. The van der Waals surface area contributed by atoms with Crippen molar-refractivity contribution in [1.82, 2.24) is 14.4 Å². The molecule has 3 heterocycles. The van der Waals surface area contributed by atoms with Gasteiger partial charge in [-0.05, 0) is 83.0 Å². The standard InChI is InChI=1S/C26H37N3O4/c1-26(2,3)33-25(32)29-15-11-19(12-16-29)23(24(30)31)28-13-9-18(10-14-28)21-17-27(4)22-8-6-5-7-20(21)22/h5-8,17-19,23H,9-16H2,1-4H3,(H,30,31). The number of carbonyl (C=O) groups excluding carboxylic acids is 1. The van der Waals surface area contributed by atoms with Gasteiger partial charge in [-0.25, -0.2) is 4.79 Å². The molecule has 33 heavy (non-hydrogen) atoms. The molecule has 2 aromatic rings. The first-order valence-electron chi connectivity index (χ1n) is 12.1. The quantitative estimate of drug-likeness (QED) is 0.737. The summed E-state index contributed by atoms with van der Waals surface area (Å²) in [6.45, 7) is 8.26. The minimum atomic E-state index is -0.741. The molecule has 1 N–H and O–H groups in total. The Morgan fingerprint density at radius 2 is 1.67 bits per heavy atom. The number of para-hydroxylation sites is 1. The van der Waals surface area contributed by atoms with Crippen molar-refractivity contribution in [2.24, 2.45) is 13.0 Å². The summed E-state index contributed by atoms with van der Waals surface area (Å²) in [5.41, 5.74) is 2.10. The van der Waals surface area contributed by atoms with Crippen LogP contribution in [0.15, 0.2) is 30.5 Å². The lowest BCUT2D eigenvalue weighted by Crippen LogP contribution is -2.52. The molecular formula is C26H37N3O4. The smallest absolute Gasteiger partial charge is 0.410 e. The summed E-state index contributed by atoms with van der Waals surface area (Å²) in [5, 5.41) is 11.4. The average Bonchev–Trinajstić information content (AvgIpc) is 3.10. The number of fused-ring (bicyclic) bond motifs is 1. The Bertz CT molecular complexity index is 993. The number of piperidine rings is 2. The molecule has 1 amide bonds. The molecule has 0 aliphatic carbocycles. The van der Waals surface area contributed by atoms with Crippen molar-refractivity contribution in [3.63, 3.8) is 0 Å². The van der Waals surface area contributed by atoms with E-state index in [-0.39, 0.29) is 12.0 Å². The number of aliphatic carboxylic acids is 1. The second kappa shape index (κ2) is 9.37. The number of carboxylic acids is 1. The molecule has 2 aliphatic heterocycles. The fraction of sp³-hybridized carbons (Fsp3) is 0.615. The molecule has 7 heteroatoms. The average molecular weight is 456 g/mol. The van der Waals surface area contributed by atoms with Crippen molar-refractivity contribution in [2.45, 2.75) is 64.0 Å². The number of carboxylic acid groups (broad SMARTS) is 1. The Balaban J connectivity index is 1.37. The zero-order valence-corrected chi connectivity index (χ0v) is 20.3. The molecule has 7 nitrogen and oxygen atoms in total. The highest BCUT2D eigenvalue weighted by Gasteiger charge is 2.39. The fourth-order valence-corrected chi connectivity index (χ4v) is 5.57. The van der Waals surface area contributed by atoms with E-state index in [1.165, 1.54) is 16.5 Å². The maximum absolute atomic E-state index is 12.4. The summed E-state index contributed by atoms with van der Waals surface area (Å²) in [5.74, 6) is -0.236. The van der Waals surface area contributed by atoms with Crippen LogP contribution >= 0.6 is 0 Å². The molecule has 2 fully saturated rings. The van der Waals surface area contributed by atoms with E-state index < -0.39 is 17.6 Å². The molecule has 2 saturated heterocycles. The van der Waals surface area contributed by atoms with Crippen molar-refractivity contribution in [3.8, 4) is 0 Å². The highest BCUT2D eigenvalue weighted by molar-refractivity contribution is 5.84. The predicted octanol–water partition coefficient (Wildman–Crippen LogP) is 4.46. The maximum atomic E-state index is 12.4. The molecule has 0 radical (unpaired) electrons. The van der Waals surface area contributed by atoms with Crippen LogP contribution in [-0.4, -0.2) is 69.4 Å². The van der Waals surface area contributed by atoms with Crippen LogP contribution in [0.25, 0.3) is 10.9 Å². The Hall–Kier alpha value is -2.54. The van der Waals surface area contributed by atoms with E-state index in [2.05, 4.69) is 47.0 Å². The third-order valence-corrected chi connectivity index (χ3v) is 7.18. The molecule has 180 valence electrons. The monoisotopic (exact) mass is 455 g/mol. The van der Waals surface area contributed by atoms with Gasteiger partial charge in [0.15, 0.2) is 0 Å². The number of hydrogen-bond donors (Lipinski definition) is 1. The molecule has 1 unspecified atom stereocenters. The van der Waals surface area contributed by atoms with Gasteiger partial charge < -0.3 is 19.3 Å². The highest BCUT2D eigenvalue weighted by Crippen LogP contribution is 2.36. The van der Waals surface area contributed by atoms with Crippen LogP contribution in [0.2, 0.25) is 0 Å². The predicted molar refractivity (Wildman–Crippen MR) is 128 cm³/mol. The first kappa shape index (κ1) is 23.6. The summed E-state index contributed by atoms with van der Waals surface area (Å²) >= 11 is 0. The first-order valence-corrected chi connectivity index (χ1v) is 12.1. The molecular weight excluding hydrogens is 418 g/mol. The van der Waals surface area contributed by atoms with Gasteiger partial charge in [0, 0.05) is 37.2 Å². The van der Waals surface area contributed by atoms with Crippen LogP contribution in [0.5, 0.6) is 0 Å². The van der Waals surface area contributed by atoms with Gasteiger partial charge >= 0.3 is 12.1 Å². The number of aryl methyl sites for hydroxylation is 1. The van der Waals surface area contributed by atoms with E-state index in [0.717, 1.165) is 25.9 Å². The van der Waals surface area contributed by atoms with Crippen molar-refractivity contribution in [3.05, 3.63) is 36.0 Å². The second-order valence-corrected chi connectivity index (χ2v) is 10.6. The summed E-state index contributed by atoms with van der Waals surface area (Å²) in [6.07, 6.45) is 5.26. The van der Waals surface area contributed by atoms with Gasteiger partial charge in [0.05, 0.1) is 0 Å². The van der Waals surface area contributed by atoms with E-state index in [1.807, 2.05) is 20.8 Å². The van der Waals surface area contributed by atoms with Gasteiger partial charge in [-0.2, -0.15) is 0 Å². The van der Waals surface area contributed by atoms with Crippen LogP contribution in [0.4, 0.5) is 4.79 Å². The van der Waals surface area contributed by atoms with Gasteiger partial charge in [0.2, 0.25) is 0 Å². The molecule has 0 bridgehead atoms. The topological polar surface area (TPSA) is 75.0 Å². The molecule has 0 spiro atoms. The highest BCUT2D eigenvalue weighted by atomic mass is 16.6. The Labute approximate surface area is 196 Å². The minimum absolute atomic E-state index is 0.0512. The largest absolute Gasteiger partial charge is 0.480 e. The van der Waals surface area contributed by atoms with E-state index in [9.17, 15) is 14.7 Å². The van der Waals surface area contributed by atoms with E-state index in [4.69, 9.17) is 4.74 Å². The van der Waals surface area contributed by atoms with Crippen LogP contribution in [0, 0.1) is 5.92 Å². The van der Waals surface area contributed by atoms with Crippen LogP contribution in [-0.2, 0) is 16.6 Å². The van der Waals surface area contributed by atoms with E-state index in [1.54, 1.807) is 4.90 Å². The maximum Gasteiger partial charge on any atom is 0.410 e. The van der Waals surface area contributed by atoms with Crippen LogP contribution in [0.1, 0.15) is 57.9 Å². The number of aromatic nitrogens is 1. The second-order valence-electron chi connectivity index (χ2n) is 10.6.